The third kappa shape index (κ3) is 18.4. The van der Waals surface area contributed by atoms with Gasteiger partial charge >= 0.3 is 0 Å². The summed E-state index contributed by atoms with van der Waals surface area (Å²) in [5.74, 6) is 0. The number of hydrogen-bond acceptors (Lipinski definition) is 4. The minimum atomic E-state index is -0.0691. The highest BCUT2D eigenvalue weighted by atomic mass is 16.3. The predicted molar refractivity (Wildman–Crippen MR) is 146 cm³/mol. The van der Waals surface area contributed by atoms with Crippen molar-refractivity contribution in [2.75, 3.05) is 26.4 Å². The van der Waals surface area contributed by atoms with Crippen LogP contribution in [0.3, 0.4) is 0 Å². The first-order valence-corrected chi connectivity index (χ1v) is 12.5. The molecule has 0 bridgehead atoms. The lowest BCUT2D eigenvalue weighted by atomic mass is 10.1. The molecule has 0 aromatic heterocycles. The molecule has 34 heavy (non-hydrogen) atoms. The molecule has 0 spiro atoms. The highest BCUT2D eigenvalue weighted by Crippen LogP contribution is 2.13. The van der Waals surface area contributed by atoms with E-state index in [1.165, 1.54) is 22.3 Å². The molecule has 0 radical (unpaired) electrons. The average molecular weight is 473 g/mol. The van der Waals surface area contributed by atoms with Crippen LogP contribution in [0.25, 0.3) is 0 Å². The normalized spacial score (nSPS) is 13.5. The van der Waals surface area contributed by atoms with Gasteiger partial charge < -0.3 is 20.4 Å². The smallest absolute Gasteiger partial charge is 0.0663 e. The minimum Gasteiger partial charge on any atom is -0.392 e. The second kappa shape index (κ2) is 21.5. The molecule has 0 rings (SSSR count). The van der Waals surface area contributed by atoms with Gasteiger partial charge in [0.05, 0.1) is 26.4 Å². The first-order chi connectivity index (χ1) is 16.4. The molecule has 0 amide bonds. The molecule has 0 heterocycles. The summed E-state index contributed by atoms with van der Waals surface area (Å²) in [6.07, 6.45) is 24.7. The van der Waals surface area contributed by atoms with Gasteiger partial charge in [-0.15, -0.1) is 0 Å². The van der Waals surface area contributed by atoms with E-state index in [1.807, 2.05) is 12.2 Å². The van der Waals surface area contributed by atoms with Gasteiger partial charge in [-0.2, -0.15) is 0 Å². The molecular formula is C30H48O4. The lowest BCUT2D eigenvalue weighted by Crippen LogP contribution is -1.95. The Balaban J connectivity index is 4.28. The maximum absolute atomic E-state index is 9.05. The van der Waals surface area contributed by atoms with Crippen LogP contribution in [0.2, 0.25) is 0 Å². The summed E-state index contributed by atoms with van der Waals surface area (Å²) in [7, 11) is 0. The number of hydrogen-bond donors (Lipinski definition) is 4. The monoisotopic (exact) mass is 472 g/mol. The van der Waals surface area contributed by atoms with Crippen molar-refractivity contribution in [3.8, 4) is 0 Å². The standard InChI is InChI=1S/C30H48O4/c1-25(13-7-15-27(3)17-9-19-29(21-31)22-32)11-5-6-12-26(2)14-8-16-28(4)18-10-20-30(23-33)24-34/h5-6,11-12,15-16,19-20,31-34H,7-10,13-14,17-18,21-24H2,1-4H3. The van der Waals surface area contributed by atoms with Crippen molar-refractivity contribution in [1.29, 1.82) is 0 Å². The lowest BCUT2D eigenvalue weighted by Gasteiger charge is -2.02. The Morgan fingerprint density at radius 2 is 0.735 bits per heavy atom. The van der Waals surface area contributed by atoms with Crippen molar-refractivity contribution >= 4 is 0 Å². The fraction of sp³-hybridized carbons (Fsp3) is 0.533. The van der Waals surface area contributed by atoms with Crippen LogP contribution in [-0.4, -0.2) is 46.9 Å². The number of allylic oxidation sites excluding steroid dienone is 12. The minimum absolute atomic E-state index is 0.0691. The fourth-order valence-corrected chi connectivity index (χ4v) is 3.27. The highest BCUT2D eigenvalue weighted by molar-refractivity contribution is 5.19. The van der Waals surface area contributed by atoms with Gasteiger partial charge in [0.25, 0.3) is 0 Å². The molecule has 0 aromatic rings. The van der Waals surface area contributed by atoms with Crippen molar-refractivity contribution < 1.29 is 20.4 Å². The zero-order valence-electron chi connectivity index (χ0n) is 21.9. The zero-order valence-corrected chi connectivity index (χ0v) is 21.9. The molecule has 0 fully saturated rings. The SMILES string of the molecule is CC(=CC=CC=C(C)CCC=C(C)CCC=C(CO)CO)CCC=C(C)CCC=C(CO)CO. The molecule has 0 aliphatic carbocycles. The van der Waals surface area contributed by atoms with E-state index >= 15 is 0 Å². The van der Waals surface area contributed by atoms with E-state index < -0.39 is 0 Å². The molecule has 0 aliphatic heterocycles. The molecule has 0 saturated heterocycles. The molecular weight excluding hydrogens is 424 g/mol. The van der Waals surface area contributed by atoms with Crippen LogP contribution in [0.5, 0.6) is 0 Å². The molecule has 4 nitrogen and oxygen atoms in total. The fourth-order valence-electron chi connectivity index (χ4n) is 3.27. The Morgan fingerprint density at radius 1 is 0.441 bits per heavy atom. The van der Waals surface area contributed by atoms with Crippen LogP contribution in [0, 0.1) is 0 Å². The Bertz CT molecular complexity index is 685. The second-order valence-electron chi connectivity index (χ2n) is 9.02. The van der Waals surface area contributed by atoms with Gasteiger partial charge in [-0.3, -0.25) is 0 Å². The van der Waals surface area contributed by atoms with E-state index in [4.69, 9.17) is 20.4 Å². The topological polar surface area (TPSA) is 80.9 Å². The van der Waals surface area contributed by atoms with E-state index in [2.05, 4.69) is 64.2 Å². The van der Waals surface area contributed by atoms with Gasteiger partial charge in [-0.1, -0.05) is 70.9 Å². The van der Waals surface area contributed by atoms with Crippen molar-refractivity contribution in [3.63, 3.8) is 0 Å². The van der Waals surface area contributed by atoms with Crippen LogP contribution < -0.4 is 0 Å². The van der Waals surface area contributed by atoms with E-state index in [-0.39, 0.29) is 26.4 Å². The molecule has 0 atom stereocenters. The molecule has 0 unspecified atom stereocenters. The van der Waals surface area contributed by atoms with Gasteiger partial charge in [0.2, 0.25) is 0 Å². The lowest BCUT2D eigenvalue weighted by molar-refractivity contribution is 0.275. The Labute approximate surface area is 208 Å². The summed E-state index contributed by atoms with van der Waals surface area (Å²) in [6, 6.07) is 0. The van der Waals surface area contributed by atoms with Gasteiger partial charge in [0, 0.05) is 0 Å². The summed E-state index contributed by atoms with van der Waals surface area (Å²) in [5.41, 5.74) is 6.77. The molecule has 4 heteroatoms. The van der Waals surface area contributed by atoms with Crippen molar-refractivity contribution in [2.24, 2.45) is 0 Å². The van der Waals surface area contributed by atoms with Crippen LogP contribution in [0.1, 0.15) is 79.1 Å². The zero-order chi connectivity index (χ0) is 25.6. The molecule has 0 saturated carbocycles. The Kier molecular flexibility index (Phi) is 20.3. The Hall–Kier alpha value is -1.98. The Morgan fingerprint density at radius 3 is 1.06 bits per heavy atom. The van der Waals surface area contributed by atoms with Gasteiger partial charge in [0.1, 0.15) is 0 Å². The summed E-state index contributed by atoms with van der Waals surface area (Å²) < 4.78 is 0. The highest BCUT2D eigenvalue weighted by Gasteiger charge is 1.95. The van der Waals surface area contributed by atoms with Gasteiger partial charge in [-0.05, 0) is 90.2 Å². The van der Waals surface area contributed by atoms with Crippen LogP contribution in [0.4, 0.5) is 0 Å². The van der Waals surface area contributed by atoms with E-state index in [1.54, 1.807) is 0 Å². The summed E-state index contributed by atoms with van der Waals surface area (Å²) >= 11 is 0. The first kappa shape index (κ1) is 32.0. The van der Waals surface area contributed by atoms with Crippen molar-refractivity contribution in [3.05, 3.63) is 82.0 Å². The maximum Gasteiger partial charge on any atom is 0.0663 e. The van der Waals surface area contributed by atoms with Crippen molar-refractivity contribution in [2.45, 2.75) is 79.1 Å². The summed E-state index contributed by atoms with van der Waals surface area (Å²) in [5, 5.41) is 36.2. The average Bonchev–Trinajstić information content (AvgIpc) is 2.82. The number of aliphatic hydroxyl groups is 4. The van der Waals surface area contributed by atoms with E-state index in [9.17, 15) is 0 Å². The predicted octanol–water partition coefficient (Wildman–Crippen LogP) is 6.27. The third-order valence-corrected chi connectivity index (χ3v) is 5.69. The maximum atomic E-state index is 9.05. The van der Waals surface area contributed by atoms with Crippen LogP contribution >= 0.6 is 0 Å². The first-order valence-electron chi connectivity index (χ1n) is 12.5. The van der Waals surface area contributed by atoms with Crippen LogP contribution in [-0.2, 0) is 0 Å². The van der Waals surface area contributed by atoms with Crippen LogP contribution in [0.15, 0.2) is 82.0 Å². The van der Waals surface area contributed by atoms with Gasteiger partial charge in [-0.25, -0.2) is 0 Å². The quantitative estimate of drug-likeness (QED) is 0.140. The summed E-state index contributed by atoms with van der Waals surface area (Å²) in [4.78, 5) is 0. The molecule has 192 valence electrons. The largest absolute Gasteiger partial charge is 0.392 e. The molecule has 0 aliphatic rings. The van der Waals surface area contributed by atoms with E-state index in [0.29, 0.717) is 11.1 Å². The van der Waals surface area contributed by atoms with Gasteiger partial charge in [0.15, 0.2) is 0 Å². The summed E-state index contributed by atoms with van der Waals surface area (Å²) in [6.45, 7) is 8.32. The number of aliphatic hydroxyl groups excluding tert-OH is 4. The molecule has 0 aromatic carbocycles. The third-order valence-electron chi connectivity index (χ3n) is 5.69. The second-order valence-corrected chi connectivity index (χ2v) is 9.02. The van der Waals surface area contributed by atoms with E-state index in [0.717, 1.165) is 51.4 Å². The number of rotatable bonds is 18. The molecule has 4 N–H and O–H groups in total. The van der Waals surface area contributed by atoms with Crippen molar-refractivity contribution in [1.82, 2.24) is 0 Å².